The Labute approximate surface area is 77.1 Å². The van der Waals surface area contributed by atoms with E-state index in [0.717, 1.165) is 12.1 Å². The van der Waals surface area contributed by atoms with Crippen LogP contribution in [0.15, 0.2) is 12.3 Å². The topological polar surface area (TPSA) is 68.1 Å². The predicted molar refractivity (Wildman–Crippen MR) is 49.4 cm³/mol. The van der Waals surface area contributed by atoms with Crippen molar-refractivity contribution in [2.24, 2.45) is 5.73 Å². The maximum atomic E-state index is 11.1. The number of aromatic nitrogens is 1. The number of nitrogens with one attached hydrogen (secondary N) is 1. The summed E-state index contributed by atoms with van der Waals surface area (Å²) in [5.41, 5.74) is 7.14. The summed E-state index contributed by atoms with van der Waals surface area (Å²) >= 11 is 0. The lowest BCUT2D eigenvalue weighted by Gasteiger charge is -2.03. The van der Waals surface area contributed by atoms with Gasteiger partial charge in [-0.15, -0.1) is 0 Å². The lowest BCUT2D eigenvalue weighted by atomic mass is 10.1. The summed E-state index contributed by atoms with van der Waals surface area (Å²) in [5.74, 6) is -0.342. The minimum absolute atomic E-state index is 0.0431. The van der Waals surface area contributed by atoms with Gasteiger partial charge in [-0.3, -0.25) is 0 Å². The number of carbonyl (C=O) groups is 1. The first kappa shape index (κ1) is 9.80. The standard InChI is InChI=1S/C9H14N2O2/c1-3-7(10)8-4-6(5-11-8)9(12)13-2/h4-5,7,11H,3,10H2,1-2H3/t7-/m1/s1. The number of rotatable bonds is 3. The van der Waals surface area contributed by atoms with Crippen molar-refractivity contribution in [3.8, 4) is 0 Å². The Morgan fingerprint density at radius 3 is 3.00 bits per heavy atom. The second-order valence-electron chi connectivity index (χ2n) is 2.85. The van der Waals surface area contributed by atoms with Crippen LogP contribution in [0.25, 0.3) is 0 Å². The number of carbonyl (C=O) groups excluding carboxylic acids is 1. The molecule has 0 amide bonds. The largest absolute Gasteiger partial charge is 0.465 e. The van der Waals surface area contributed by atoms with Crippen molar-refractivity contribution >= 4 is 5.97 Å². The Bertz CT molecular complexity index is 294. The lowest BCUT2D eigenvalue weighted by Crippen LogP contribution is -2.08. The van der Waals surface area contributed by atoms with Gasteiger partial charge < -0.3 is 15.5 Å². The molecule has 13 heavy (non-hydrogen) atoms. The van der Waals surface area contributed by atoms with Gasteiger partial charge in [-0.25, -0.2) is 4.79 Å². The van der Waals surface area contributed by atoms with Gasteiger partial charge in [0.25, 0.3) is 0 Å². The Hall–Kier alpha value is -1.29. The van der Waals surface area contributed by atoms with Gasteiger partial charge in [0.1, 0.15) is 0 Å². The highest BCUT2D eigenvalue weighted by Gasteiger charge is 2.11. The fourth-order valence-corrected chi connectivity index (χ4v) is 1.08. The first-order chi connectivity index (χ1) is 6.19. The van der Waals surface area contributed by atoms with Crippen LogP contribution < -0.4 is 5.73 Å². The van der Waals surface area contributed by atoms with E-state index >= 15 is 0 Å². The smallest absolute Gasteiger partial charge is 0.339 e. The summed E-state index contributed by atoms with van der Waals surface area (Å²) < 4.78 is 4.56. The van der Waals surface area contributed by atoms with E-state index in [1.165, 1.54) is 7.11 Å². The minimum atomic E-state index is -0.342. The molecule has 0 saturated carbocycles. The van der Waals surface area contributed by atoms with Gasteiger partial charge in [0, 0.05) is 17.9 Å². The summed E-state index contributed by atoms with van der Waals surface area (Å²) in [7, 11) is 1.36. The van der Waals surface area contributed by atoms with Gasteiger partial charge in [0.2, 0.25) is 0 Å². The number of aromatic amines is 1. The highest BCUT2D eigenvalue weighted by molar-refractivity contribution is 5.89. The molecule has 0 unspecified atom stereocenters. The summed E-state index contributed by atoms with van der Waals surface area (Å²) in [5, 5.41) is 0. The number of ether oxygens (including phenoxy) is 1. The zero-order valence-corrected chi connectivity index (χ0v) is 7.83. The Morgan fingerprint density at radius 2 is 2.46 bits per heavy atom. The number of hydrogen-bond acceptors (Lipinski definition) is 3. The Kier molecular flexibility index (Phi) is 3.08. The second-order valence-corrected chi connectivity index (χ2v) is 2.85. The molecule has 1 aromatic heterocycles. The molecule has 1 atom stereocenters. The molecule has 3 N–H and O–H groups in total. The third-order valence-electron chi connectivity index (χ3n) is 1.97. The summed E-state index contributed by atoms with van der Waals surface area (Å²) in [4.78, 5) is 14.0. The van der Waals surface area contributed by atoms with Crippen LogP contribution in [0.4, 0.5) is 0 Å². The maximum Gasteiger partial charge on any atom is 0.339 e. The van der Waals surface area contributed by atoms with Crippen molar-refractivity contribution in [3.63, 3.8) is 0 Å². The van der Waals surface area contributed by atoms with E-state index in [0.29, 0.717) is 5.56 Å². The average molecular weight is 182 g/mol. The number of methoxy groups -OCH3 is 1. The molecule has 0 aliphatic rings. The van der Waals surface area contributed by atoms with E-state index in [1.807, 2.05) is 6.92 Å². The first-order valence-electron chi connectivity index (χ1n) is 4.21. The van der Waals surface area contributed by atoms with E-state index in [2.05, 4.69) is 9.72 Å². The maximum absolute atomic E-state index is 11.1. The summed E-state index contributed by atoms with van der Waals surface area (Å²) in [6, 6.07) is 1.68. The van der Waals surface area contributed by atoms with Gasteiger partial charge in [-0.05, 0) is 12.5 Å². The molecule has 0 fully saturated rings. The summed E-state index contributed by atoms with van der Waals surface area (Å²) in [6.45, 7) is 1.99. The van der Waals surface area contributed by atoms with Gasteiger partial charge in [-0.1, -0.05) is 6.92 Å². The molecule has 1 rings (SSSR count). The highest BCUT2D eigenvalue weighted by atomic mass is 16.5. The molecule has 0 bridgehead atoms. The molecule has 4 nitrogen and oxygen atoms in total. The van der Waals surface area contributed by atoms with Crippen LogP contribution in [-0.4, -0.2) is 18.1 Å². The molecule has 4 heteroatoms. The Morgan fingerprint density at radius 1 is 1.77 bits per heavy atom. The highest BCUT2D eigenvalue weighted by Crippen LogP contribution is 2.13. The predicted octanol–water partition coefficient (Wildman–Crippen LogP) is 1.21. The molecule has 0 aliphatic heterocycles. The normalized spacial score (nSPS) is 12.5. The lowest BCUT2D eigenvalue weighted by molar-refractivity contribution is 0.0601. The van der Waals surface area contributed by atoms with Gasteiger partial charge in [0.15, 0.2) is 0 Å². The third-order valence-corrected chi connectivity index (χ3v) is 1.97. The SMILES string of the molecule is CC[C@@H](N)c1cc(C(=O)OC)c[nH]1. The van der Waals surface area contributed by atoms with Crippen LogP contribution in [0.1, 0.15) is 35.4 Å². The Balaban J connectivity index is 2.80. The molecule has 0 radical (unpaired) electrons. The summed E-state index contributed by atoms with van der Waals surface area (Å²) in [6.07, 6.45) is 2.44. The molecule has 0 aromatic carbocycles. The monoisotopic (exact) mass is 182 g/mol. The first-order valence-corrected chi connectivity index (χ1v) is 4.21. The number of H-pyrrole nitrogens is 1. The van der Waals surface area contributed by atoms with Crippen LogP contribution in [-0.2, 0) is 4.74 Å². The van der Waals surface area contributed by atoms with E-state index in [1.54, 1.807) is 12.3 Å². The van der Waals surface area contributed by atoms with Gasteiger partial charge in [-0.2, -0.15) is 0 Å². The fraction of sp³-hybridized carbons (Fsp3) is 0.444. The van der Waals surface area contributed by atoms with Crippen molar-refractivity contribution in [1.29, 1.82) is 0 Å². The minimum Gasteiger partial charge on any atom is -0.465 e. The van der Waals surface area contributed by atoms with Crippen molar-refractivity contribution in [1.82, 2.24) is 4.98 Å². The number of nitrogens with two attached hydrogens (primary N) is 1. The third kappa shape index (κ3) is 2.09. The van der Waals surface area contributed by atoms with Crippen molar-refractivity contribution in [2.45, 2.75) is 19.4 Å². The van der Waals surface area contributed by atoms with Crippen LogP contribution in [0.2, 0.25) is 0 Å². The second kappa shape index (κ2) is 4.09. The van der Waals surface area contributed by atoms with Crippen molar-refractivity contribution in [3.05, 3.63) is 23.5 Å². The average Bonchev–Trinajstić information content (AvgIpc) is 2.64. The quantitative estimate of drug-likeness (QED) is 0.690. The zero-order chi connectivity index (χ0) is 9.84. The molecule has 1 heterocycles. The van der Waals surface area contributed by atoms with E-state index in [-0.39, 0.29) is 12.0 Å². The number of esters is 1. The van der Waals surface area contributed by atoms with E-state index in [9.17, 15) is 4.79 Å². The van der Waals surface area contributed by atoms with Crippen molar-refractivity contribution < 1.29 is 9.53 Å². The number of hydrogen-bond donors (Lipinski definition) is 2. The molecule has 1 aromatic rings. The van der Waals surface area contributed by atoms with Gasteiger partial charge >= 0.3 is 5.97 Å². The van der Waals surface area contributed by atoms with Crippen molar-refractivity contribution in [2.75, 3.05) is 7.11 Å². The van der Waals surface area contributed by atoms with E-state index < -0.39 is 0 Å². The zero-order valence-electron chi connectivity index (χ0n) is 7.83. The van der Waals surface area contributed by atoms with Crippen LogP contribution in [0.3, 0.4) is 0 Å². The molecule has 72 valence electrons. The molecule has 0 spiro atoms. The molecule has 0 aliphatic carbocycles. The van der Waals surface area contributed by atoms with Gasteiger partial charge in [0.05, 0.1) is 12.7 Å². The van der Waals surface area contributed by atoms with Crippen LogP contribution in [0, 0.1) is 0 Å². The van der Waals surface area contributed by atoms with E-state index in [4.69, 9.17) is 5.73 Å². The molecular weight excluding hydrogens is 168 g/mol. The van der Waals surface area contributed by atoms with Crippen LogP contribution in [0.5, 0.6) is 0 Å². The van der Waals surface area contributed by atoms with Crippen LogP contribution >= 0.6 is 0 Å². The molecular formula is C9H14N2O2. The fourth-order valence-electron chi connectivity index (χ4n) is 1.08. The molecule has 0 saturated heterocycles.